The summed E-state index contributed by atoms with van der Waals surface area (Å²) >= 11 is 0. The minimum absolute atomic E-state index is 0.0498. The number of anilines is 1. The number of nitrogens with one attached hydrogen (secondary N) is 2. The number of H-pyrrole nitrogens is 1. The Bertz CT molecular complexity index is 1930. The van der Waals surface area contributed by atoms with Crippen LogP contribution < -0.4 is 19.9 Å². The third kappa shape index (κ3) is 4.83. The topological polar surface area (TPSA) is 129 Å². The van der Waals surface area contributed by atoms with Gasteiger partial charge < -0.3 is 9.64 Å². The second-order valence-corrected chi connectivity index (χ2v) is 11.2. The van der Waals surface area contributed by atoms with Gasteiger partial charge in [-0.25, -0.2) is 18.2 Å². The van der Waals surface area contributed by atoms with Gasteiger partial charge in [0, 0.05) is 31.9 Å². The molecule has 10 nitrogen and oxygen atoms in total. The number of aromatic amines is 1. The Kier molecular flexibility index (Phi) is 6.37. The van der Waals surface area contributed by atoms with E-state index in [2.05, 4.69) is 25.1 Å². The van der Waals surface area contributed by atoms with Crippen molar-refractivity contribution >= 4 is 37.9 Å². The predicted octanol–water partition coefficient (Wildman–Crippen LogP) is 5.66. The van der Waals surface area contributed by atoms with Gasteiger partial charge in [-0.2, -0.15) is 15.3 Å². The minimum Gasteiger partial charge on any atom is -0.456 e. The fourth-order valence-corrected chi connectivity index (χ4v) is 5.45. The monoisotopic (exact) mass is 552 g/mol. The van der Waals surface area contributed by atoms with Crippen molar-refractivity contribution in [1.82, 2.24) is 14.9 Å². The van der Waals surface area contributed by atoms with Gasteiger partial charge in [0.25, 0.3) is 5.56 Å². The van der Waals surface area contributed by atoms with Crippen LogP contribution in [-0.2, 0) is 16.6 Å². The van der Waals surface area contributed by atoms with Crippen molar-refractivity contribution in [3.8, 4) is 22.8 Å². The predicted molar refractivity (Wildman–Crippen MR) is 153 cm³/mol. The molecule has 0 bridgehead atoms. The largest absolute Gasteiger partial charge is 0.456 e. The van der Waals surface area contributed by atoms with Crippen molar-refractivity contribution in [3.05, 3.63) is 101 Å². The van der Waals surface area contributed by atoms with Crippen LogP contribution in [0.1, 0.15) is 5.56 Å². The van der Waals surface area contributed by atoms with Gasteiger partial charge in [0.2, 0.25) is 10.0 Å². The van der Waals surface area contributed by atoms with E-state index in [4.69, 9.17) is 4.74 Å². The normalized spacial score (nSPS) is 12.3. The molecule has 6 rings (SSSR count). The van der Waals surface area contributed by atoms with E-state index in [9.17, 15) is 13.2 Å². The van der Waals surface area contributed by atoms with Crippen LogP contribution in [-0.4, -0.2) is 32.7 Å². The van der Waals surface area contributed by atoms with Gasteiger partial charge in [0.1, 0.15) is 17.2 Å². The van der Waals surface area contributed by atoms with Gasteiger partial charge in [-0.3, -0.25) is 4.79 Å². The molecule has 0 aliphatic carbocycles. The lowest BCUT2D eigenvalue weighted by atomic mass is 9.99. The zero-order valence-electron chi connectivity index (χ0n) is 21.6. The summed E-state index contributed by atoms with van der Waals surface area (Å²) in [7, 11) is 0.132. The zero-order chi connectivity index (χ0) is 27.9. The molecule has 0 radical (unpaired) electrons. The highest BCUT2D eigenvalue weighted by atomic mass is 32.2. The van der Waals surface area contributed by atoms with Crippen molar-refractivity contribution in [3.63, 3.8) is 0 Å². The van der Waals surface area contributed by atoms with E-state index in [-0.39, 0.29) is 17.0 Å². The molecule has 0 saturated carbocycles. The molecule has 0 atom stereocenters. The summed E-state index contributed by atoms with van der Waals surface area (Å²) in [5.41, 5.74) is 3.93. The van der Waals surface area contributed by atoms with Crippen molar-refractivity contribution in [2.24, 2.45) is 10.2 Å². The van der Waals surface area contributed by atoms with Crippen LogP contribution in [0.3, 0.4) is 0 Å². The van der Waals surface area contributed by atoms with Gasteiger partial charge >= 0.3 is 0 Å². The number of aromatic nitrogens is 2. The number of nitrogens with zero attached hydrogens (tertiary/aromatic N) is 4. The third-order valence-electron chi connectivity index (χ3n) is 6.56. The van der Waals surface area contributed by atoms with Crippen molar-refractivity contribution in [2.75, 3.05) is 19.0 Å². The molecule has 40 heavy (non-hydrogen) atoms. The summed E-state index contributed by atoms with van der Waals surface area (Å²) in [6.45, 7) is 0.0498. The summed E-state index contributed by atoms with van der Waals surface area (Å²) in [5, 5.41) is 16.3. The lowest BCUT2D eigenvalue weighted by Crippen LogP contribution is -2.23. The molecule has 1 aromatic heterocycles. The number of hydrogen-bond acceptors (Lipinski definition) is 8. The molecule has 0 unspecified atom stereocenters. The Morgan fingerprint density at radius 3 is 2.30 bits per heavy atom. The Morgan fingerprint density at radius 2 is 1.60 bits per heavy atom. The minimum atomic E-state index is -3.79. The molecule has 200 valence electrons. The molecule has 1 aliphatic rings. The van der Waals surface area contributed by atoms with Gasteiger partial charge in [-0.15, -0.1) is 0 Å². The number of rotatable bonds is 7. The standard InChI is InChI=1S/C29H24N6O4S/c1-35(2)21-11-7-19(8-12-21)31-32-20-9-13-22(14-10-20)40(37,38)30-17-18-6-15-25-24(16-18)28-27-23(29(36)34-33-28)4-3-5-26(27)39-25/h3-16,30H,17H2,1-2H3,(H,34,36)/b32-31+. The number of benzene rings is 4. The lowest BCUT2D eigenvalue weighted by Gasteiger charge is -2.20. The van der Waals surface area contributed by atoms with Crippen molar-refractivity contribution in [2.45, 2.75) is 11.4 Å². The smallest absolute Gasteiger partial charge is 0.272 e. The fraction of sp³-hybridized carbons (Fsp3) is 0.103. The van der Waals surface area contributed by atoms with Crippen LogP contribution in [0, 0.1) is 0 Å². The quantitative estimate of drug-likeness (QED) is 0.246. The van der Waals surface area contributed by atoms with Crippen LogP contribution in [0.5, 0.6) is 11.5 Å². The summed E-state index contributed by atoms with van der Waals surface area (Å²) in [6, 6.07) is 24.4. The molecule has 0 spiro atoms. The molecular formula is C29H24N6O4S. The molecule has 5 aromatic rings. The summed E-state index contributed by atoms with van der Waals surface area (Å²) in [5.74, 6) is 1.13. The molecular weight excluding hydrogens is 528 g/mol. The third-order valence-corrected chi connectivity index (χ3v) is 7.97. The van der Waals surface area contributed by atoms with Gasteiger partial charge in [-0.05, 0) is 78.4 Å². The summed E-state index contributed by atoms with van der Waals surface area (Å²) in [4.78, 5) is 14.3. The van der Waals surface area contributed by atoms with E-state index in [1.54, 1.807) is 42.5 Å². The van der Waals surface area contributed by atoms with Gasteiger partial charge in [0.05, 0.1) is 27.0 Å². The average Bonchev–Trinajstić information content (AvgIpc) is 2.97. The first-order valence-electron chi connectivity index (χ1n) is 12.4. The summed E-state index contributed by atoms with van der Waals surface area (Å²) in [6.07, 6.45) is 0. The highest BCUT2D eigenvalue weighted by molar-refractivity contribution is 7.89. The highest BCUT2D eigenvalue weighted by Crippen LogP contribution is 2.44. The first-order valence-corrected chi connectivity index (χ1v) is 13.9. The Hall–Kier alpha value is -4.87. The van der Waals surface area contributed by atoms with Crippen LogP contribution in [0.15, 0.2) is 105 Å². The molecule has 2 N–H and O–H groups in total. The Labute approximate surface area is 230 Å². The molecule has 2 heterocycles. The fourth-order valence-electron chi connectivity index (χ4n) is 4.43. The maximum atomic E-state index is 13.0. The van der Waals surface area contributed by atoms with E-state index in [1.165, 1.54) is 12.1 Å². The highest BCUT2D eigenvalue weighted by Gasteiger charge is 2.23. The van der Waals surface area contributed by atoms with Crippen LogP contribution in [0.2, 0.25) is 0 Å². The van der Waals surface area contributed by atoms with E-state index in [0.29, 0.717) is 50.5 Å². The number of fused-ring (bicyclic) bond motifs is 2. The first kappa shape index (κ1) is 25.4. The van der Waals surface area contributed by atoms with Gasteiger partial charge in [0.15, 0.2) is 0 Å². The average molecular weight is 553 g/mol. The first-order chi connectivity index (χ1) is 19.3. The second kappa shape index (κ2) is 10.0. The lowest BCUT2D eigenvalue weighted by molar-refractivity contribution is 0.485. The van der Waals surface area contributed by atoms with E-state index in [0.717, 1.165) is 5.69 Å². The second-order valence-electron chi connectivity index (χ2n) is 9.44. The van der Waals surface area contributed by atoms with Crippen molar-refractivity contribution in [1.29, 1.82) is 0 Å². The number of sulfonamides is 1. The van der Waals surface area contributed by atoms with Crippen LogP contribution in [0.25, 0.3) is 22.0 Å². The maximum absolute atomic E-state index is 13.0. The number of hydrogen-bond donors (Lipinski definition) is 2. The molecule has 4 aromatic carbocycles. The number of ether oxygens (including phenoxy) is 1. The Balaban J connectivity index is 1.17. The Morgan fingerprint density at radius 1 is 0.900 bits per heavy atom. The molecule has 0 amide bonds. The molecule has 11 heteroatoms. The van der Waals surface area contributed by atoms with Crippen molar-refractivity contribution < 1.29 is 13.2 Å². The van der Waals surface area contributed by atoms with Crippen LogP contribution >= 0.6 is 0 Å². The summed E-state index contributed by atoms with van der Waals surface area (Å²) < 4.78 is 34.6. The zero-order valence-corrected chi connectivity index (χ0v) is 22.4. The maximum Gasteiger partial charge on any atom is 0.272 e. The number of azo groups is 1. The molecule has 1 aliphatic heterocycles. The van der Waals surface area contributed by atoms with E-state index in [1.807, 2.05) is 49.3 Å². The van der Waals surface area contributed by atoms with E-state index >= 15 is 0 Å². The molecule has 0 saturated heterocycles. The molecule has 0 fully saturated rings. The van der Waals surface area contributed by atoms with E-state index < -0.39 is 10.0 Å². The van der Waals surface area contributed by atoms with Gasteiger partial charge in [-0.1, -0.05) is 12.1 Å². The van der Waals surface area contributed by atoms with Crippen LogP contribution in [0.4, 0.5) is 17.1 Å². The SMILES string of the molecule is CN(C)c1ccc(/N=N/c2ccc(S(=O)(=O)NCc3ccc4c(c3)-c3n[nH]c(=O)c5cccc(c35)O4)cc2)cc1.